The molecule has 0 radical (unpaired) electrons. The molecule has 0 aliphatic carbocycles. The summed E-state index contributed by atoms with van der Waals surface area (Å²) in [7, 11) is 0. The molecule has 1 aromatic heterocycles. The van der Waals surface area contributed by atoms with Crippen LogP contribution in [0.5, 0.6) is 0 Å². The fourth-order valence-corrected chi connectivity index (χ4v) is 2.72. The van der Waals surface area contributed by atoms with E-state index in [9.17, 15) is 26.7 Å². The van der Waals surface area contributed by atoms with Crippen molar-refractivity contribution in [3.8, 4) is 11.4 Å². The number of rotatable bonds is 3. The number of hydrogen-bond acceptors (Lipinski definition) is 2. The summed E-state index contributed by atoms with van der Waals surface area (Å²) in [5.74, 6) is -1.87. The molecule has 9 heteroatoms. The highest BCUT2D eigenvalue weighted by Gasteiger charge is 2.30. The van der Waals surface area contributed by atoms with E-state index in [2.05, 4.69) is 9.97 Å². The molecule has 2 aromatic rings. The summed E-state index contributed by atoms with van der Waals surface area (Å²) in [5, 5.41) is 0. The maximum Gasteiger partial charge on any atom is 0.389 e. The normalized spacial score (nSPS) is 14.5. The molecule has 3 rings (SSSR count). The van der Waals surface area contributed by atoms with Crippen molar-refractivity contribution in [1.29, 1.82) is 0 Å². The Morgan fingerprint density at radius 2 is 2.04 bits per heavy atom. The van der Waals surface area contributed by atoms with Gasteiger partial charge in [-0.2, -0.15) is 13.2 Å². The van der Waals surface area contributed by atoms with Crippen molar-refractivity contribution in [3.05, 3.63) is 41.2 Å². The Morgan fingerprint density at radius 3 is 2.72 bits per heavy atom. The van der Waals surface area contributed by atoms with Crippen molar-refractivity contribution in [3.63, 3.8) is 0 Å². The van der Waals surface area contributed by atoms with Gasteiger partial charge in [0.25, 0.3) is 0 Å². The number of fused-ring (bicyclic) bond motifs is 1. The van der Waals surface area contributed by atoms with Crippen LogP contribution >= 0.6 is 0 Å². The number of hydrogen-bond donors (Lipinski definition) is 1. The second-order valence-corrected chi connectivity index (χ2v) is 5.82. The highest BCUT2D eigenvalue weighted by atomic mass is 19.4. The van der Waals surface area contributed by atoms with E-state index in [0.29, 0.717) is 17.8 Å². The maximum atomic E-state index is 13.8. The van der Waals surface area contributed by atoms with E-state index in [1.54, 1.807) is 0 Å². The fraction of sp³-hybridized carbons (Fsp3) is 0.375. The lowest BCUT2D eigenvalue weighted by molar-refractivity contribution is -0.149. The van der Waals surface area contributed by atoms with Gasteiger partial charge in [-0.1, -0.05) is 0 Å². The average Bonchev–Trinajstić information content (AvgIpc) is 2.94. The third-order valence-electron chi connectivity index (χ3n) is 3.99. The van der Waals surface area contributed by atoms with Gasteiger partial charge in [0.2, 0.25) is 5.91 Å². The number of amides is 1. The van der Waals surface area contributed by atoms with Gasteiger partial charge in [-0.05, 0) is 12.1 Å². The van der Waals surface area contributed by atoms with Gasteiger partial charge in [0, 0.05) is 25.5 Å². The van der Waals surface area contributed by atoms with Gasteiger partial charge >= 0.3 is 6.18 Å². The van der Waals surface area contributed by atoms with Gasteiger partial charge in [0.05, 0.1) is 29.9 Å². The number of aromatic amines is 1. The first-order valence-corrected chi connectivity index (χ1v) is 7.60. The summed E-state index contributed by atoms with van der Waals surface area (Å²) in [4.78, 5) is 20.4. The van der Waals surface area contributed by atoms with E-state index in [0.717, 1.165) is 12.1 Å². The van der Waals surface area contributed by atoms with Gasteiger partial charge in [-0.25, -0.2) is 13.8 Å². The summed E-state index contributed by atoms with van der Waals surface area (Å²) in [6.07, 6.45) is -5.79. The Bertz CT molecular complexity index is 800. The van der Waals surface area contributed by atoms with Gasteiger partial charge < -0.3 is 9.88 Å². The molecule has 0 fully saturated rings. The number of nitrogens with zero attached hydrogens (tertiary/aromatic N) is 2. The number of nitrogens with one attached hydrogen (secondary N) is 1. The Morgan fingerprint density at radius 1 is 1.28 bits per heavy atom. The molecule has 1 aliphatic rings. The van der Waals surface area contributed by atoms with Crippen LogP contribution < -0.4 is 0 Å². The standard InChI is InChI=1S/C16H14F5N3O/c17-9-1-2-10(11(18)7-9)15-22-12-4-6-24(8-13(12)23-15)14(25)3-5-16(19,20)21/h1-2,7H,3-6,8H2,(H,22,23). The van der Waals surface area contributed by atoms with Crippen LogP contribution in [0.15, 0.2) is 18.2 Å². The number of carbonyl (C=O) groups excluding carboxylic acids is 1. The van der Waals surface area contributed by atoms with Crippen LogP contribution in [0.4, 0.5) is 22.0 Å². The summed E-state index contributed by atoms with van der Waals surface area (Å²) in [5.41, 5.74) is 1.26. The molecule has 0 bridgehead atoms. The van der Waals surface area contributed by atoms with Gasteiger partial charge in [0.1, 0.15) is 17.5 Å². The van der Waals surface area contributed by atoms with Crippen LogP contribution in [0, 0.1) is 11.6 Å². The highest BCUT2D eigenvalue weighted by Crippen LogP contribution is 2.26. The van der Waals surface area contributed by atoms with Crippen LogP contribution in [0.1, 0.15) is 24.2 Å². The first-order chi connectivity index (χ1) is 11.7. The molecule has 1 N–H and O–H groups in total. The van der Waals surface area contributed by atoms with Gasteiger partial charge in [-0.15, -0.1) is 0 Å². The van der Waals surface area contributed by atoms with Crippen LogP contribution in [-0.2, 0) is 17.8 Å². The van der Waals surface area contributed by atoms with E-state index in [1.807, 2.05) is 0 Å². The lowest BCUT2D eigenvalue weighted by Gasteiger charge is -2.26. The molecule has 0 atom stereocenters. The smallest absolute Gasteiger partial charge is 0.340 e. The lowest BCUT2D eigenvalue weighted by atomic mass is 10.1. The molecule has 1 aliphatic heterocycles. The molecule has 0 unspecified atom stereocenters. The molecule has 134 valence electrons. The molecule has 1 aromatic carbocycles. The van der Waals surface area contributed by atoms with Crippen molar-refractivity contribution in [2.75, 3.05) is 6.54 Å². The minimum atomic E-state index is -4.38. The third-order valence-corrected chi connectivity index (χ3v) is 3.99. The van der Waals surface area contributed by atoms with E-state index in [-0.39, 0.29) is 24.5 Å². The van der Waals surface area contributed by atoms with Gasteiger partial charge in [-0.3, -0.25) is 4.79 Å². The molecular weight excluding hydrogens is 345 g/mol. The van der Waals surface area contributed by atoms with Crippen LogP contribution in [0.2, 0.25) is 0 Å². The summed E-state index contributed by atoms with van der Waals surface area (Å²) in [6, 6.07) is 3.10. The summed E-state index contributed by atoms with van der Waals surface area (Å²) < 4.78 is 63.5. The Labute approximate surface area is 139 Å². The molecule has 0 spiro atoms. The van der Waals surface area contributed by atoms with Crippen molar-refractivity contribution in [2.45, 2.75) is 32.0 Å². The monoisotopic (exact) mass is 359 g/mol. The van der Waals surface area contributed by atoms with Gasteiger partial charge in [0.15, 0.2) is 0 Å². The molecule has 0 saturated carbocycles. The lowest BCUT2D eigenvalue weighted by Crippen LogP contribution is -2.36. The Balaban J connectivity index is 1.74. The average molecular weight is 359 g/mol. The summed E-state index contributed by atoms with van der Waals surface area (Å²) in [6.45, 7) is 0.335. The fourth-order valence-electron chi connectivity index (χ4n) is 2.72. The second-order valence-electron chi connectivity index (χ2n) is 5.82. The molecule has 0 saturated heterocycles. The zero-order valence-electron chi connectivity index (χ0n) is 13.0. The zero-order valence-corrected chi connectivity index (χ0v) is 13.0. The first kappa shape index (κ1) is 17.4. The molecule has 4 nitrogen and oxygen atoms in total. The number of halogens is 5. The zero-order chi connectivity index (χ0) is 18.2. The van der Waals surface area contributed by atoms with E-state index in [1.165, 1.54) is 11.0 Å². The molecule has 25 heavy (non-hydrogen) atoms. The van der Waals surface area contributed by atoms with Crippen LogP contribution in [-0.4, -0.2) is 33.5 Å². The number of carbonyl (C=O) groups is 1. The predicted octanol–water partition coefficient (Wildman–Crippen LogP) is 3.58. The van der Waals surface area contributed by atoms with Crippen molar-refractivity contribution >= 4 is 5.91 Å². The van der Waals surface area contributed by atoms with Crippen LogP contribution in [0.25, 0.3) is 11.4 Å². The number of imidazole rings is 1. The molecule has 1 amide bonds. The number of aromatic nitrogens is 2. The Kier molecular flexibility index (Phi) is 4.49. The van der Waals surface area contributed by atoms with E-state index >= 15 is 0 Å². The first-order valence-electron chi connectivity index (χ1n) is 7.60. The number of benzene rings is 1. The highest BCUT2D eigenvalue weighted by molar-refractivity contribution is 5.76. The predicted molar refractivity (Wildman–Crippen MR) is 78.3 cm³/mol. The van der Waals surface area contributed by atoms with Crippen molar-refractivity contribution < 1.29 is 26.7 Å². The van der Waals surface area contributed by atoms with Crippen molar-refractivity contribution in [2.24, 2.45) is 0 Å². The topological polar surface area (TPSA) is 49.0 Å². The van der Waals surface area contributed by atoms with E-state index < -0.39 is 36.6 Å². The second kappa shape index (κ2) is 6.45. The SMILES string of the molecule is O=C(CCC(F)(F)F)N1CCc2nc(-c3ccc(F)cc3F)[nH]c2C1. The number of H-pyrrole nitrogens is 1. The quantitative estimate of drug-likeness (QED) is 0.852. The maximum absolute atomic E-state index is 13.8. The molecular formula is C16H14F5N3O. The Hall–Kier alpha value is -2.45. The summed E-state index contributed by atoms with van der Waals surface area (Å²) >= 11 is 0. The largest absolute Gasteiger partial charge is 0.389 e. The van der Waals surface area contributed by atoms with E-state index in [4.69, 9.17) is 0 Å². The number of alkyl halides is 3. The molecule has 2 heterocycles. The third kappa shape index (κ3) is 3.97. The van der Waals surface area contributed by atoms with Crippen LogP contribution in [0.3, 0.4) is 0 Å². The minimum absolute atomic E-state index is 0.0852. The minimum Gasteiger partial charge on any atom is -0.340 e. The van der Waals surface area contributed by atoms with Crippen molar-refractivity contribution in [1.82, 2.24) is 14.9 Å².